The van der Waals surface area contributed by atoms with Crippen LogP contribution in [0.1, 0.15) is 25.0 Å². The summed E-state index contributed by atoms with van der Waals surface area (Å²) in [5.41, 5.74) is 5.03. The summed E-state index contributed by atoms with van der Waals surface area (Å²) < 4.78 is 0. The molecule has 103 valence electrons. The van der Waals surface area contributed by atoms with E-state index in [4.69, 9.17) is 0 Å². The molecule has 0 N–H and O–H groups in total. The molecule has 0 saturated carbocycles. The van der Waals surface area contributed by atoms with Crippen LogP contribution in [0.4, 0.5) is 0 Å². The third-order valence-electron chi connectivity index (χ3n) is 4.12. The molecular weight excluding hydrogens is 252 g/mol. The van der Waals surface area contributed by atoms with E-state index in [0.29, 0.717) is 0 Å². The van der Waals surface area contributed by atoms with Crippen LogP contribution in [0.5, 0.6) is 0 Å². The molecule has 0 saturated heterocycles. The summed E-state index contributed by atoms with van der Waals surface area (Å²) in [5.74, 6) is 0. The quantitative estimate of drug-likeness (QED) is 0.591. The van der Waals surface area contributed by atoms with Gasteiger partial charge in [-0.25, -0.2) is 0 Å². The third kappa shape index (κ3) is 2.75. The Morgan fingerprint density at radius 2 is 1.29 bits per heavy atom. The molecule has 3 aromatic rings. The molecule has 0 heterocycles. The normalized spacial score (nSPS) is 11.3. The average molecular weight is 271 g/mol. The van der Waals surface area contributed by atoms with Gasteiger partial charge in [0, 0.05) is 5.41 Å². The van der Waals surface area contributed by atoms with Crippen LogP contribution in [0.25, 0.3) is 11.1 Å². The van der Waals surface area contributed by atoms with Crippen molar-refractivity contribution >= 4 is 0 Å². The summed E-state index contributed by atoms with van der Waals surface area (Å²) in [4.78, 5) is 0. The first kappa shape index (κ1) is 13.6. The largest absolute Gasteiger partial charge is 0.0622 e. The SMILES string of the molecule is CC(C)(c1ccccc1)c1ccc(-c2[c]cccc2)cc1. The van der Waals surface area contributed by atoms with E-state index in [9.17, 15) is 0 Å². The molecule has 3 aromatic carbocycles. The Balaban J connectivity index is 1.94. The highest BCUT2D eigenvalue weighted by Gasteiger charge is 2.22. The van der Waals surface area contributed by atoms with Crippen molar-refractivity contribution in [1.82, 2.24) is 0 Å². The number of benzene rings is 3. The topological polar surface area (TPSA) is 0 Å². The minimum Gasteiger partial charge on any atom is -0.0622 e. The number of rotatable bonds is 3. The van der Waals surface area contributed by atoms with Crippen molar-refractivity contribution < 1.29 is 0 Å². The molecule has 0 amide bonds. The fourth-order valence-electron chi connectivity index (χ4n) is 2.66. The van der Waals surface area contributed by atoms with Crippen LogP contribution in [0.2, 0.25) is 0 Å². The molecule has 0 spiro atoms. The van der Waals surface area contributed by atoms with Gasteiger partial charge in [-0.3, -0.25) is 0 Å². The van der Waals surface area contributed by atoms with E-state index in [-0.39, 0.29) is 5.41 Å². The van der Waals surface area contributed by atoms with E-state index in [1.165, 1.54) is 16.7 Å². The fraction of sp³-hybridized carbons (Fsp3) is 0.143. The van der Waals surface area contributed by atoms with Crippen LogP contribution in [0.3, 0.4) is 0 Å². The van der Waals surface area contributed by atoms with Gasteiger partial charge in [0.05, 0.1) is 0 Å². The van der Waals surface area contributed by atoms with E-state index in [1.807, 2.05) is 18.2 Å². The minimum atomic E-state index is 0.0141. The second kappa shape index (κ2) is 5.57. The molecule has 3 rings (SSSR count). The minimum absolute atomic E-state index is 0.0141. The van der Waals surface area contributed by atoms with Crippen LogP contribution < -0.4 is 0 Å². The van der Waals surface area contributed by atoms with Gasteiger partial charge in [0.2, 0.25) is 0 Å². The van der Waals surface area contributed by atoms with Gasteiger partial charge in [0.25, 0.3) is 0 Å². The van der Waals surface area contributed by atoms with E-state index in [2.05, 4.69) is 80.6 Å². The molecule has 0 bridgehead atoms. The van der Waals surface area contributed by atoms with E-state index >= 15 is 0 Å². The summed E-state index contributed by atoms with van der Waals surface area (Å²) >= 11 is 0. The molecule has 0 atom stereocenters. The second-order valence-electron chi connectivity index (χ2n) is 5.84. The molecule has 0 aliphatic carbocycles. The molecular formula is C21H19. The van der Waals surface area contributed by atoms with Crippen molar-refractivity contribution in [3.63, 3.8) is 0 Å². The molecule has 0 aliphatic heterocycles. The molecule has 0 fully saturated rings. The average Bonchev–Trinajstić information content (AvgIpc) is 2.57. The van der Waals surface area contributed by atoms with Crippen LogP contribution in [-0.4, -0.2) is 0 Å². The van der Waals surface area contributed by atoms with Crippen molar-refractivity contribution in [2.45, 2.75) is 19.3 Å². The zero-order valence-corrected chi connectivity index (χ0v) is 12.5. The summed E-state index contributed by atoms with van der Waals surface area (Å²) in [6.45, 7) is 4.54. The van der Waals surface area contributed by atoms with Gasteiger partial charge in [-0.2, -0.15) is 0 Å². The third-order valence-corrected chi connectivity index (χ3v) is 4.12. The Morgan fingerprint density at radius 3 is 1.90 bits per heavy atom. The predicted molar refractivity (Wildman–Crippen MR) is 89.3 cm³/mol. The molecule has 0 unspecified atom stereocenters. The lowest BCUT2D eigenvalue weighted by Crippen LogP contribution is -2.18. The standard InChI is InChI=1S/C21H19/c1-21(2,19-11-7-4-8-12-19)20-15-13-18(14-16-20)17-9-5-3-6-10-17/h3-9,11-16H,1-2H3. The summed E-state index contributed by atoms with van der Waals surface area (Å²) in [6.07, 6.45) is 0. The number of hydrogen-bond donors (Lipinski definition) is 0. The molecule has 1 radical (unpaired) electrons. The van der Waals surface area contributed by atoms with Crippen molar-refractivity contribution in [3.8, 4) is 11.1 Å². The Hall–Kier alpha value is -2.34. The summed E-state index contributed by atoms with van der Waals surface area (Å²) in [5, 5.41) is 0. The van der Waals surface area contributed by atoms with Crippen molar-refractivity contribution in [1.29, 1.82) is 0 Å². The van der Waals surface area contributed by atoms with Gasteiger partial charge >= 0.3 is 0 Å². The van der Waals surface area contributed by atoms with Gasteiger partial charge in [-0.15, -0.1) is 0 Å². The lowest BCUT2D eigenvalue weighted by Gasteiger charge is -2.26. The molecule has 21 heavy (non-hydrogen) atoms. The maximum absolute atomic E-state index is 3.27. The van der Waals surface area contributed by atoms with E-state index in [0.717, 1.165) is 5.56 Å². The summed E-state index contributed by atoms with van der Waals surface area (Å²) in [7, 11) is 0. The second-order valence-corrected chi connectivity index (χ2v) is 5.84. The van der Waals surface area contributed by atoms with Gasteiger partial charge in [0.15, 0.2) is 0 Å². The Kier molecular flexibility index (Phi) is 3.62. The Labute approximate surface area is 127 Å². The highest BCUT2D eigenvalue weighted by atomic mass is 14.3. The Morgan fingerprint density at radius 1 is 0.667 bits per heavy atom. The first-order valence-electron chi connectivity index (χ1n) is 7.31. The molecule has 0 nitrogen and oxygen atoms in total. The zero-order chi connectivity index (χ0) is 14.7. The molecule has 0 heteroatoms. The lowest BCUT2D eigenvalue weighted by molar-refractivity contribution is 0.641. The van der Waals surface area contributed by atoms with E-state index < -0.39 is 0 Å². The zero-order valence-electron chi connectivity index (χ0n) is 12.5. The monoisotopic (exact) mass is 271 g/mol. The first-order chi connectivity index (χ1) is 10.2. The van der Waals surface area contributed by atoms with Crippen LogP contribution in [0, 0.1) is 6.07 Å². The van der Waals surface area contributed by atoms with Crippen molar-refractivity contribution in [2.75, 3.05) is 0 Å². The van der Waals surface area contributed by atoms with Crippen molar-refractivity contribution in [2.24, 2.45) is 0 Å². The van der Waals surface area contributed by atoms with Gasteiger partial charge in [-0.05, 0) is 28.3 Å². The van der Waals surface area contributed by atoms with Gasteiger partial charge < -0.3 is 0 Å². The molecule has 0 aliphatic rings. The van der Waals surface area contributed by atoms with Crippen LogP contribution >= 0.6 is 0 Å². The predicted octanol–water partition coefficient (Wildman–Crippen LogP) is 5.48. The lowest BCUT2D eigenvalue weighted by atomic mass is 9.78. The molecule has 0 aromatic heterocycles. The van der Waals surface area contributed by atoms with Crippen molar-refractivity contribution in [3.05, 3.63) is 96.1 Å². The van der Waals surface area contributed by atoms with Gasteiger partial charge in [-0.1, -0.05) is 92.7 Å². The highest BCUT2D eigenvalue weighted by molar-refractivity contribution is 5.63. The Bertz CT molecular complexity index is 692. The fourth-order valence-corrected chi connectivity index (χ4v) is 2.66. The summed E-state index contributed by atoms with van der Waals surface area (Å²) in [6, 6.07) is 30.8. The smallest absolute Gasteiger partial charge is 0.0146 e. The first-order valence-corrected chi connectivity index (χ1v) is 7.31. The maximum Gasteiger partial charge on any atom is 0.0146 e. The number of hydrogen-bond acceptors (Lipinski definition) is 0. The van der Waals surface area contributed by atoms with Crippen LogP contribution in [0.15, 0.2) is 78.9 Å². The van der Waals surface area contributed by atoms with E-state index in [1.54, 1.807) is 0 Å². The maximum atomic E-state index is 3.27. The highest BCUT2D eigenvalue weighted by Crippen LogP contribution is 2.32. The van der Waals surface area contributed by atoms with Gasteiger partial charge in [0.1, 0.15) is 0 Å². The van der Waals surface area contributed by atoms with Crippen LogP contribution in [-0.2, 0) is 5.41 Å².